The summed E-state index contributed by atoms with van der Waals surface area (Å²) in [5.41, 5.74) is 0. The molecular weight excluding hydrogens is 196 g/mol. The lowest BCUT2D eigenvalue weighted by molar-refractivity contribution is -0.276. The first-order valence-corrected chi connectivity index (χ1v) is 5.42. The van der Waals surface area contributed by atoms with Crippen molar-refractivity contribution in [3.05, 3.63) is 0 Å². The largest absolute Gasteiger partial charge is 0.345 e. The van der Waals surface area contributed by atoms with Crippen LogP contribution in [0.5, 0.6) is 0 Å². The molecule has 0 heterocycles. The van der Waals surface area contributed by atoms with Gasteiger partial charge in [0.05, 0.1) is 12.5 Å². The van der Waals surface area contributed by atoms with Gasteiger partial charge in [-0.05, 0) is 19.3 Å². The van der Waals surface area contributed by atoms with Crippen molar-refractivity contribution in [1.29, 1.82) is 0 Å². The average molecular weight is 220 g/mol. The predicted molar refractivity (Wildman–Crippen MR) is 59.4 cm³/mol. The Morgan fingerprint density at radius 1 is 1.20 bits per heavy atom. The maximum atomic E-state index is 11.2. The topological polar surface area (TPSA) is 87.6 Å². The van der Waals surface area contributed by atoms with Gasteiger partial charge in [-0.15, -0.1) is 0 Å². The molecule has 0 fully saturated rings. The molecule has 92 valence electrons. The van der Waals surface area contributed by atoms with Crippen molar-refractivity contribution < 1.29 is 14.6 Å². The highest BCUT2D eigenvalue weighted by Crippen LogP contribution is 2.09. The van der Waals surface area contributed by atoms with Gasteiger partial charge in [-0.25, -0.2) is 4.79 Å². The van der Waals surface area contributed by atoms with Gasteiger partial charge >= 0.3 is 5.97 Å². The minimum atomic E-state index is -0.235. The van der Waals surface area contributed by atoms with Crippen molar-refractivity contribution in [2.24, 2.45) is 17.6 Å². The van der Waals surface area contributed by atoms with Gasteiger partial charge in [0.1, 0.15) is 0 Å². The van der Waals surface area contributed by atoms with Crippen molar-refractivity contribution in [3.8, 4) is 0 Å². The molecule has 0 radical (unpaired) electrons. The van der Waals surface area contributed by atoms with E-state index in [1.165, 1.54) is 0 Å². The lowest BCUT2D eigenvalue weighted by atomic mass is 10.0. The molecule has 0 aromatic heterocycles. The molecule has 0 aliphatic carbocycles. The fourth-order valence-corrected chi connectivity index (χ4v) is 0.993. The molecule has 0 aromatic rings. The van der Waals surface area contributed by atoms with Crippen molar-refractivity contribution >= 4 is 5.97 Å². The molecule has 0 saturated heterocycles. The zero-order chi connectivity index (χ0) is 12.1. The number of hydrogen-bond acceptors (Lipinski definition) is 5. The first-order chi connectivity index (χ1) is 7.26. The second-order valence-electron chi connectivity index (χ2n) is 3.09. The van der Waals surface area contributed by atoms with Gasteiger partial charge in [-0.1, -0.05) is 27.2 Å². The fourth-order valence-electron chi connectivity index (χ4n) is 0.993. The lowest BCUT2D eigenvalue weighted by Crippen LogP contribution is -2.16. The second-order valence-corrected chi connectivity index (χ2v) is 3.09. The van der Waals surface area contributed by atoms with E-state index in [-0.39, 0.29) is 11.9 Å². The maximum absolute atomic E-state index is 11.2. The third-order valence-corrected chi connectivity index (χ3v) is 2.04. The number of rotatable bonds is 7. The van der Waals surface area contributed by atoms with Crippen LogP contribution in [0, 0.1) is 5.92 Å². The predicted octanol–water partition coefficient (Wildman–Crippen LogP) is 1.52. The highest BCUT2D eigenvalue weighted by Gasteiger charge is 2.16. The fraction of sp³-hybridized carbons (Fsp3) is 0.900. The number of nitrogens with two attached hydrogens (primary N) is 2. The third-order valence-electron chi connectivity index (χ3n) is 2.04. The van der Waals surface area contributed by atoms with E-state index in [1.807, 2.05) is 13.8 Å². The van der Waals surface area contributed by atoms with Gasteiger partial charge in [0.15, 0.2) is 0 Å². The summed E-state index contributed by atoms with van der Waals surface area (Å²) in [6.45, 7) is 6.51. The molecule has 0 atom stereocenters. The smallest absolute Gasteiger partial charge is 0.298 e. The Hall–Kier alpha value is -0.650. The monoisotopic (exact) mass is 220 g/mol. The van der Waals surface area contributed by atoms with Gasteiger partial charge < -0.3 is 0 Å². The van der Waals surface area contributed by atoms with Gasteiger partial charge in [-0.2, -0.15) is 4.89 Å². The Kier molecular flexibility index (Phi) is 14.9. The summed E-state index contributed by atoms with van der Waals surface area (Å²) in [4.78, 5) is 20.6. The zero-order valence-electron chi connectivity index (χ0n) is 9.99. The SMILES string of the molecule is CCCCOOC(=O)C(CC)CC.NN. The lowest BCUT2D eigenvalue weighted by Gasteiger charge is -2.09. The third kappa shape index (κ3) is 9.65. The average Bonchev–Trinajstić information content (AvgIpc) is 2.29. The zero-order valence-corrected chi connectivity index (χ0v) is 9.99. The summed E-state index contributed by atoms with van der Waals surface area (Å²) in [6.07, 6.45) is 3.59. The van der Waals surface area contributed by atoms with Gasteiger partial charge in [0.2, 0.25) is 0 Å². The van der Waals surface area contributed by atoms with E-state index in [0.29, 0.717) is 6.61 Å². The van der Waals surface area contributed by atoms with Crippen LogP contribution in [-0.2, 0) is 14.6 Å². The quantitative estimate of drug-likeness (QED) is 0.294. The van der Waals surface area contributed by atoms with Crippen LogP contribution in [0.3, 0.4) is 0 Å². The van der Waals surface area contributed by atoms with Crippen LogP contribution in [0.15, 0.2) is 0 Å². The van der Waals surface area contributed by atoms with Crippen LogP contribution < -0.4 is 11.7 Å². The minimum Gasteiger partial charge on any atom is -0.298 e. The molecule has 0 bridgehead atoms. The first-order valence-electron chi connectivity index (χ1n) is 5.42. The molecule has 0 unspecified atom stereocenters. The standard InChI is InChI=1S/C10H20O3.H4N2/c1-4-7-8-12-13-10(11)9(5-2)6-3;1-2/h9H,4-8H2,1-3H3;1-2H2. The number of carbonyl (C=O) groups is 1. The van der Waals surface area contributed by atoms with E-state index in [2.05, 4.69) is 23.5 Å². The number of hydrazine groups is 1. The summed E-state index contributed by atoms with van der Waals surface area (Å²) in [5, 5.41) is 0. The van der Waals surface area contributed by atoms with E-state index >= 15 is 0 Å². The minimum absolute atomic E-state index is 0.0124. The molecule has 0 aliphatic rings. The molecule has 0 saturated carbocycles. The van der Waals surface area contributed by atoms with Crippen molar-refractivity contribution in [3.63, 3.8) is 0 Å². The molecular formula is C10H24N2O3. The normalized spacial score (nSPS) is 9.47. The van der Waals surface area contributed by atoms with Crippen LogP contribution in [0.1, 0.15) is 46.5 Å². The van der Waals surface area contributed by atoms with Crippen LogP contribution in [0.2, 0.25) is 0 Å². The molecule has 15 heavy (non-hydrogen) atoms. The summed E-state index contributed by atoms with van der Waals surface area (Å²) < 4.78 is 0. The highest BCUT2D eigenvalue weighted by molar-refractivity contribution is 5.71. The molecule has 0 spiro atoms. The number of hydrogen-bond donors (Lipinski definition) is 2. The van der Waals surface area contributed by atoms with Crippen molar-refractivity contribution in [1.82, 2.24) is 0 Å². The van der Waals surface area contributed by atoms with Crippen molar-refractivity contribution in [2.45, 2.75) is 46.5 Å². The van der Waals surface area contributed by atoms with E-state index < -0.39 is 0 Å². The van der Waals surface area contributed by atoms with Gasteiger partial charge in [-0.3, -0.25) is 16.6 Å². The Morgan fingerprint density at radius 2 is 1.73 bits per heavy atom. The summed E-state index contributed by atoms with van der Waals surface area (Å²) in [5.74, 6) is 7.75. The Labute approximate surface area is 92.0 Å². The maximum Gasteiger partial charge on any atom is 0.345 e. The molecule has 0 rings (SSSR count). The number of carbonyl (C=O) groups excluding carboxylic acids is 1. The van der Waals surface area contributed by atoms with Crippen molar-refractivity contribution in [2.75, 3.05) is 6.61 Å². The van der Waals surface area contributed by atoms with Gasteiger partial charge in [0.25, 0.3) is 0 Å². The van der Waals surface area contributed by atoms with Crippen LogP contribution in [-0.4, -0.2) is 12.6 Å². The summed E-state index contributed by atoms with van der Waals surface area (Å²) in [6, 6.07) is 0. The highest BCUT2D eigenvalue weighted by atomic mass is 17.2. The molecule has 4 N–H and O–H groups in total. The van der Waals surface area contributed by atoms with Gasteiger partial charge in [0, 0.05) is 0 Å². The molecule has 0 aliphatic heterocycles. The molecule has 5 heteroatoms. The van der Waals surface area contributed by atoms with E-state index in [0.717, 1.165) is 25.7 Å². The van der Waals surface area contributed by atoms with E-state index in [1.54, 1.807) is 0 Å². The van der Waals surface area contributed by atoms with Crippen LogP contribution >= 0.6 is 0 Å². The van der Waals surface area contributed by atoms with Crippen LogP contribution in [0.25, 0.3) is 0 Å². The number of unbranched alkanes of at least 4 members (excludes halogenated alkanes) is 1. The van der Waals surface area contributed by atoms with E-state index in [9.17, 15) is 4.79 Å². The first kappa shape index (κ1) is 16.8. The Morgan fingerprint density at radius 3 is 2.13 bits per heavy atom. The van der Waals surface area contributed by atoms with Crippen LogP contribution in [0.4, 0.5) is 0 Å². The second kappa shape index (κ2) is 13.4. The molecule has 0 aromatic carbocycles. The summed E-state index contributed by atoms with van der Waals surface area (Å²) in [7, 11) is 0. The Bertz CT molecular complexity index is 139. The summed E-state index contributed by atoms with van der Waals surface area (Å²) >= 11 is 0. The molecule has 5 nitrogen and oxygen atoms in total. The van der Waals surface area contributed by atoms with E-state index in [4.69, 9.17) is 4.89 Å². The molecule has 0 amide bonds. The Balaban J connectivity index is 0.